The molecule has 0 spiro atoms. The van der Waals surface area contributed by atoms with Crippen LogP contribution in [0.4, 0.5) is 0 Å². The third-order valence-electron chi connectivity index (χ3n) is 4.77. The first-order valence-electron chi connectivity index (χ1n) is 9.33. The van der Waals surface area contributed by atoms with Gasteiger partial charge in [-0.25, -0.2) is 0 Å². The summed E-state index contributed by atoms with van der Waals surface area (Å²) in [6.45, 7) is 11.3. The predicted octanol–water partition coefficient (Wildman–Crippen LogP) is 4.37. The molecule has 0 aromatic heterocycles. The predicted molar refractivity (Wildman–Crippen MR) is 117 cm³/mol. The maximum atomic E-state index is 6.08. The van der Waals surface area contributed by atoms with E-state index in [1.54, 1.807) is 0 Å². The molecule has 4 nitrogen and oxygen atoms in total. The Kier molecular flexibility index (Phi) is 10.4. The second-order valence-electron chi connectivity index (χ2n) is 7.00. The van der Waals surface area contributed by atoms with E-state index in [9.17, 15) is 0 Å². The van der Waals surface area contributed by atoms with Gasteiger partial charge in [-0.2, -0.15) is 0 Å². The highest BCUT2D eigenvalue weighted by molar-refractivity contribution is 14.0. The van der Waals surface area contributed by atoms with E-state index in [0.29, 0.717) is 17.9 Å². The molecule has 142 valence electrons. The van der Waals surface area contributed by atoms with Crippen molar-refractivity contribution in [1.29, 1.82) is 0 Å². The molecule has 1 aromatic rings. The minimum absolute atomic E-state index is 0. The lowest BCUT2D eigenvalue weighted by atomic mass is 9.89. The molecule has 1 heterocycles. The maximum Gasteiger partial charge on any atom is 0.191 e. The van der Waals surface area contributed by atoms with Gasteiger partial charge in [-0.1, -0.05) is 44.2 Å². The van der Waals surface area contributed by atoms with E-state index in [1.165, 1.54) is 12.0 Å². The maximum absolute atomic E-state index is 6.08. The number of hydrogen-bond donors (Lipinski definition) is 2. The van der Waals surface area contributed by atoms with E-state index in [4.69, 9.17) is 9.73 Å². The van der Waals surface area contributed by atoms with Crippen LogP contribution in [0.3, 0.4) is 0 Å². The third kappa shape index (κ3) is 7.13. The summed E-state index contributed by atoms with van der Waals surface area (Å²) < 4.78 is 6.08. The molecule has 2 rings (SSSR count). The fourth-order valence-corrected chi connectivity index (χ4v) is 2.95. The van der Waals surface area contributed by atoms with Crippen LogP contribution < -0.4 is 10.6 Å². The molecule has 1 aliphatic rings. The Morgan fingerprint density at radius 3 is 2.60 bits per heavy atom. The molecule has 1 saturated heterocycles. The molecule has 5 heteroatoms. The normalized spacial score (nSPS) is 22.2. The summed E-state index contributed by atoms with van der Waals surface area (Å²) in [5.41, 5.74) is 1.27. The second-order valence-corrected chi connectivity index (χ2v) is 7.00. The Labute approximate surface area is 170 Å². The van der Waals surface area contributed by atoms with Gasteiger partial charge in [-0.05, 0) is 38.2 Å². The van der Waals surface area contributed by atoms with Gasteiger partial charge in [0.2, 0.25) is 0 Å². The van der Waals surface area contributed by atoms with Crippen molar-refractivity contribution >= 4 is 29.9 Å². The highest BCUT2D eigenvalue weighted by atomic mass is 127. The van der Waals surface area contributed by atoms with Crippen molar-refractivity contribution in [1.82, 2.24) is 10.6 Å². The Morgan fingerprint density at radius 2 is 1.96 bits per heavy atom. The van der Waals surface area contributed by atoms with Crippen LogP contribution in [0, 0.1) is 11.8 Å². The van der Waals surface area contributed by atoms with Crippen molar-refractivity contribution < 1.29 is 4.74 Å². The van der Waals surface area contributed by atoms with Crippen molar-refractivity contribution in [2.75, 3.05) is 19.7 Å². The standard InChI is InChI=1S/C20H33N3O.HI/c1-5-21-20(23-16(4)15(2)3)22-14-18-12-9-13-24-19(18)17-10-7-6-8-11-17;/h6-8,10-11,15-16,18-19H,5,9,12-14H2,1-4H3,(H2,21,22,23);1H. The van der Waals surface area contributed by atoms with E-state index in [2.05, 4.69) is 68.7 Å². The minimum atomic E-state index is 0. The molecule has 1 fully saturated rings. The van der Waals surface area contributed by atoms with E-state index in [1.807, 2.05) is 0 Å². The first-order valence-corrected chi connectivity index (χ1v) is 9.33. The average Bonchev–Trinajstić information content (AvgIpc) is 2.60. The van der Waals surface area contributed by atoms with E-state index < -0.39 is 0 Å². The van der Waals surface area contributed by atoms with Crippen molar-refractivity contribution in [2.24, 2.45) is 16.8 Å². The zero-order valence-electron chi connectivity index (χ0n) is 16.0. The number of aliphatic imine (C=N–C) groups is 1. The fraction of sp³-hybridized carbons (Fsp3) is 0.650. The summed E-state index contributed by atoms with van der Waals surface area (Å²) in [6, 6.07) is 11.0. The van der Waals surface area contributed by atoms with Crippen LogP contribution in [-0.2, 0) is 4.74 Å². The summed E-state index contributed by atoms with van der Waals surface area (Å²) >= 11 is 0. The zero-order chi connectivity index (χ0) is 17.4. The van der Waals surface area contributed by atoms with Crippen molar-refractivity contribution in [3.8, 4) is 0 Å². The van der Waals surface area contributed by atoms with Gasteiger partial charge in [0.1, 0.15) is 0 Å². The van der Waals surface area contributed by atoms with Crippen LogP contribution >= 0.6 is 24.0 Å². The molecule has 1 aromatic carbocycles. The molecule has 3 unspecified atom stereocenters. The quantitative estimate of drug-likeness (QED) is 0.377. The molecule has 0 bridgehead atoms. The Balaban J connectivity index is 0.00000312. The van der Waals surface area contributed by atoms with Gasteiger partial charge in [0.15, 0.2) is 5.96 Å². The van der Waals surface area contributed by atoms with Gasteiger partial charge in [0, 0.05) is 31.7 Å². The number of halogens is 1. The Hall–Kier alpha value is -0.820. The highest BCUT2D eigenvalue weighted by Gasteiger charge is 2.27. The molecule has 2 N–H and O–H groups in total. The summed E-state index contributed by atoms with van der Waals surface area (Å²) in [6.07, 6.45) is 2.45. The monoisotopic (exact) mass is 459 g/mol. The summed E-state index contributed by atoms with van der Waals surface area (Å²) in [7, 11) is 0. The van der Waals surface area contributed by atoms with Crippen molar-refractivity contribution in [3.63, 3.8) is 0 Å². The van der Waals surface area contributed by atoms with Crippen molar-refractivity contribution in [3.05, 3.63) is 35.9 Å². The summed E-state index contributed by atoms with van der Waals surface area (Å²) in [5, 5.41) is 6.87. The van der Waals surface area contributed by atoms with Gasteiger partial charge in [0.05, 0.1) is 6.10 Å². The molecule has 1 aliphatic heterocycles. The zero-order valence-corrected chi connectivity index (χ0v) is 18.3. The smallest absolute Gasteiger partial charge is 0.191 e. The number of benzene rings is 1. The topological polar surface area (TPSA) is 45.7 Å². The number of nitrogens with one attached hydrogen (secondary N) is 2. The highest BCUT2D eigenvalue weighted by Crippen LogP contribution is 2.33. The average molecular weight is 459 g/mol. The first-order chi connectivity index (χ1) is 11.6. The fourth-order valence-electron chi connectivity index (χ4n) is 2.95. The Morgan fingerprint density at radius 1 is 1.24 bits per heavy atom. The SMILES string of the molecule is CCNC(=NCC1CCCOC1c1ccccc1)NC(C)C(C)C.I. The van der Waals surface area contributed by atoms with Crippen LogP contribution in [0.1, 0.15) is 52.2 Å². The van der Waals surface area contributed by atoms with Gasteiger partial charge in [-0.15, -0.1) is 24.0 Å². The minimum Gasteiger partial charge on any atom is -0.373 e. The van der Waals surface area contributed by atoms with Crippen LogP contribution in [0.2, 0.25) is 0 Å². The largest absolute Gasteiger partial charge is 0.373 e. The lowest BCUT2D eigenvalue weighted by Crippen LogP contribution is -2.44. The number of nitrogens with zero attached hydrogens (tertiary/aromatic N) is 1. The number of hydrogen-bond acceptors (Lipinski definition) is 2. The van der Waals surface area contributed by atoms with E-state index >= 15 is 0 Å². The second kappa shape index (κ2) is 11.7. The molecular formula is C20H34IN3O. The van der Waals surface area contributed by atoms with Crippen LogP contribution in [-0.4, -0.2) is 31.7 Å². The van der Waals surface area contributed by atoms with Crippen molar-refractivity contribution in [2.45, 2.75) is 52.7 Å². The summed E-state index contributed by atoms with van der Waals surface area (Å²) in [5.74, 6) is 1.92. The van der Waals surface area contributed by atoms with Gasteiger partial charge in [-0.3, -0.25) is 4.99 Å². The van der Waals surface area contributed by atoms with Gasteiger partial charge < -0.3 is 15.4 Å². The molecule has 0 amide bonds. The number of guanidine groups is 1. The number of ether oxygens (including phenoxy) is 1. The molecule has 0 radical (unpaired) electrons. The molecular weight excluding hydrogens is 425 g/mol. The Bertz CT molecular complexity index is 507. The van der Waals surface area contributed by atoms with Gasteiger partial charge >= 0.3 is 0 Å². The third-order valence-corrected chi connectivity index (χ3v) is 4.77. The summed E-state index contributed by atoms with van der Waals surface area (Å²) in [4.78, 5) is 4.85. The van der Waals surface area contributed by atoms with Crippen LogP contribution in [0.15, 0.2) is 35.3 Å². The van der Waals surface area contributed by atoms with Crippen LogP contribution in [0.5, 0.6) is 0 Å². The van der Waals surface area contributed by atoms with Crippen LogP contribution in [0.25, 0.3) is 0 Å². The lowest BCUT2D eigenvalue weighted by Gasteiger charge is -2.31. The lowest BCUT2D eigenvalue weighted by molar-refractivity contribution is -0.0250. The first kappa shape index (κ1) is 22.2. The molecule has 25 heavy (non-hydrogen) atoms. The van der Waals surface area contributed by atoms with E-state index in [-0.39, 0.29) is 30.1 Å². The van der Waals surface area contributed by atoms with Gasteiger partial charge in [0.25, 0.3) is 0 Å². The molecule has 0 aliphatic carbocycles. The molecule has 3 atom stereocenters. The van der Waals surface area contributed by atoms with E-state index in [0.717, 1.165) is 32.1 Å². The molecule has 0 saturated carbocycles. The number of rotatable bonds is 6.